The van der Waals surface area contributed by atoms with Crippen LogP contribution in [0.25, 0.3) is 22.4 Å². The van der Waals surface area contributed by atoms with Gasteiger partial charge in [0, 0.05) is 51.0 Å². The molecule has 0 aliphatic carbocycles. The third-order valence-corrected chi connectivity index (χ3v) is 6.60. The molecule has 0 unspecified atom stereocenters. The van der Waals surface area contributed by atoms with Crippen LogP contribution >= 0.6 is 0 Å². The maximum atomic E-state index is 4.88. The minimum Gasteiger partial charge on any atom is -0.369 e. The van der Waals surface area contributed by atoms with Gasteiger partial charge >= 0.3 is 0 Å². The van der Waals surface area contributed by atoms with Crippen LogP contribution in [0.5, 0.6) is 0 Å². The number of nitrogens with zero attached hydrogens (tertiary/aromatic N) is 4. The monoisotopic (exact) mass is 389 g/mol. The zero-order valence-electron chi connectivity index (χ0n) is 17.3. The number of aromatic nitrogens is 2. The molecule has 2 aromatic carbocycles. The second kappa shape index (κ2) is 8.17. The molecule has 0 atom stereocenters. The Morgan fingerprint density at radius 2 is 1.76 bits per heavy atom. The molecule has 152 valence electrons. The van der Waals surface area contributed by atoms with Gasteiger partial charge in [0.1, 0.15) is 5.82 Å². The summed E-state index contributed by atoms with van der Waals surface area (Å²) >= 11 is 0. The number of hydrogen-bond acceptors (Lipinski definition) is 4. The second-order valence-corrected chi connectivity index (χ2v) is 8.51. The molecule has 2 fully saturated rings. The number of para-hydroxylation sites is 2. The van der Waals surface area contributed by atoms with E-state index < -0.39 is 0 Å². The summed E-state index contributed by atoms with van der Waals surface area (Å²) in [4.78, 5) is 10.1. The predicted molar refractivity (Wildman–Crippen MR) is 120 cm³/mol. The molecule has 5 nitrogen and oxygen atoms in total. The Morgan fingerprint density at radius 1 is 0.966 bits per heavy atom. The summed E-state index contributed by atoms with van der Waals surface area (Å²) in [7, 11) is 2.11. The quantitative estimate of drug-likeness (QED) is 0.742. The van der Waals surface area contributed by atoms with Crippen LogP contribution in [0, 0.1) is 5.92 Å². The van der Waals surface area contributed by atoms with E-state index >= 15 is 0 Å². The van der Waals surface area contributed by atoms with Gasteiger partial charge in [0.05, 0.1) is 11.0 Å². The summed E-state index contributed by atoms with van der Waals surface area (Å²) < 4.78 is 2.20. The van der Waals surface area contributed by atoms with Crippen molar-refractivity contribution in [1.82, 2.24) is 19.8 Å². The van der Waals surface area contributed by atoms with Crippen molar-refractivity contribution in [2.24, 2.45) is 13.0 Å². The molecule has 3 aromatic rings. The van der Waals surface area contributed by atoms with E-state index in [2.05, 4.69) is 75.3 Å². The Morgan fingerprint density at radius 3 is 2.55 bits per heavy atom. The van der Waals surface area contributed by atoms with Crippen LogP contribution in [-0.4, -0.2) is 60.3 Å². The first-order valence-corrected chi connectivity index (χ1v) is 11.0. The van der Waals surface area contributed by atoms with Crippen LogP contribution < -0.4 is 10.2 Å². The summed E-state index contributed by atoms with van der Waals surface area (Å²) in [5.41, 5.74) is 4.75. The van der Waals surface area contributed by atoms with Gasteiger partial charge in [-0.2, -0.15) is 0 Å². The average molecular weight is 390 g/mol. The molecular formula is C24H31N5. The van der Waals surface area contributed by atoms with Crippen molar-refractivity contribution in [3.05, 3.63) is 48.5 Å². The van der Waals surface area contributed by atoms with Crippen molar-refractivity contribution >= 4 is 16.7 Å². The van der Waals surface area contributed by atoms with E-state index in [9.17, 15) is 0 Å². The Bertz CT molecular complexity index is 964. The van der Waals surface area contributed by atoms with Crippen LogP contribution in [0.1, 0.15) is 12.8 Å². The molecule has 1 N–H and O–H groups in total. The molecule has 0 radical (unpaired) electrons. The molecule has 0 bridgehead atoms. The molecule has 2 aliphatic rings. The molecule has 5 rings (SSSR count). The fraction of sp³-hybridized carbons (Fsp3) is 0.458. The number of benzene rings is 2. The Labute approximate surface area is 173 Å². The highest BCUT2D eigenvalue weighted by molar-refractivity contribution is 5.81. The van der Waals surface area contributed by atoms with E-state index in [0.29, 0.717) is 0 Å². The van der Waals surface area contributed by atoms with Gasteiger partial charge in [0.25, 0.3) is 0 Å². The standard InChI is InChI=1S/C24H31N5/c1-27-23-8-3-2-7-22(23)26-24(27)20-5-4-6-21(17-20)29-15-13-28(14-16-29)18-19-9-11-25-12-10-19/h2-8,17,19,25H,9-16,18H2,1H3. The summed E-state index contributed by atoms with van der Waals surface area (Å²) in [5, 5.41) is 3.48. The third-order valence-electron chi connectivity index (χ3n) is 6.60. The topological polar surface area (TPSA) is 36.3 Å². The van der Waals surface area contributed by atoms with Crippen LogP contribution in [0.2, 0.25) is 0 Å². The number of rotatable bonds is 4. The molecular weight excluding hydrogens is 358 g/mol. The van der Waals surface area contributed by atoms with Crippen molar-refractivity contribution in [2.45, 2.75) is 12.8 Å². The van der Waals surface area contributed by atoms with Crippen LogP contribution in [0.4, 0.5) is 5.69 Å². The number of hydrogen-bond donors (Lipinski definition) is 1. The first kappa shape index (κ1) is 18.6. The fourth-order valence-electron chi connectivity index (χ4n) is 4.86. The fourth-order valence-corrected chi connectivity index (χ4v) is 4.86. The SMILES string of the molecule is Cn1c(-c2cccc(N3CCN(CC4CCNCC4)CC3)c2)nc2ccccc21. The number of nitrogens with one attached hydrogen (secondary N) is 1. The van der Waals surface area contributed by atoms with Crippen molar-refractivity contribution in [3.8, 4) is 11.4 Å². The number of piperidine rings is 1. The van der Waals surface area contributed by atoms with Crippen molar-refractivity contribution in [2.75, 3.05) is 50.7 Å². The minimum absolute atomic E-state index is 0.878. The Balaban J connectivity index is 1.28. The zero-order chi connectivity index (χ0) is 19.6. The first-order valence-electron chi connectivity index (χ1n) is 11.0. The molecule has 2 saturated heterocycles. The van der Waals surface area contributed by atoms with Gasteiger partial charge in [0.15, 0.2) is 0 Å². The minimum atomic E-state index is 0.878. The van der Waals surface area contributed by atoms with Gasteiger partial charge in [-0.05, 0) is 56.1 Å². The lowest BCUT2D eigenvalue weighted by Crippen LogP contribution is -2.48. The van der Waals surface area contributed by atoms with Gasteiger partial charge in [-0.15, -0.1) is 0 Å². The number of imidazole rings is 1. The summed E-state index contributed by atoms with van der Waals surface area (Å²) in [6, 6.07) is 17.3. The summed E-state index contributed by atoms with van der Waals surface area (Å²) in [5.74, 6) is 1.92. The first-order chi connectivity index (χ1) is 14.3. The van der Waals surface area contributed by atoms with Gasteiger partial charge < -0.3 is 14.8 Å². The van der Waals surface area contributed by atoms with Gasteiger partial charge in [-0.25, -0.2) is 4.98 Å². The van der Waals surface area contributed by atoms with E-state index in [4.69, 9.17) is 4.98 Å². The summed E-state index contributed by atoms with van der Waals surface area (Å²) in [6.45, 7) is 8.21. The number of anilines is 1. The smallest absolute Gasteiger partial charge is 0.140 e. The molecule has 1 aromatic heterocycles. The molecule has 0 saturated carbocycles. The average Bonchev–Trinajstić information content (AvgIpc) is 3.12. The number of fused-ring (bicyclic) bond motifs is 1. The van der Waals surface area contributed by atoms with E-state index in [1.54, 1.807) is 0 Å². The maximum Gasteiger partial charge on any atom is 0.140 e. The van der Waals surface area contributed by atoms with Crippen LogP contribution in [-0.2, 0) is 7.05 Å². The Hall–Kier alpha value is -2.37. The van der Waals surface area contributed by atoms with E-state index in [-0.39, 0.29) is 0 Å². The number of aryl methyl sites for hydroxylation is 1. The van der Waals surface area contributed by atoms with Crippen molar-refractivity contribution in [1.29, 1.82) is 0 Å². The lowest BCUT2D eigenvalue weighted by Gasteiger charge is -2.38. The maximum absolute atomic E-state index is 4.88. The largest absolute Gasteiger partial charge is 0.369 e. The van der Waals surface area contributed by atoms with E-state index in [0.717, 1.165) is 30.3 Å². The normalized spacial score (nSPS) is 19.1. The third kappa shape index (κ3) is 3.89. The lowest BCUT2D eigenvalue weighted by atomic mass is 9.97. The highest BCUT2D eigenvalue weighted by Crippen LogP contribution is 2.27. The second-order valence-electron chi connectivity index (χ2n) is 8.51. The molecule has 5 heteroatoms. The molecule has 3 heterocycles. The van der Waals surface area contributed by atoms with Crippen molar-refractivity contribution in [3.63, 3.8) is 0 Å². The van der Waals surface area contributed by atoms with Gasteiger partial charge in [-0.1, -0.05) is 24.3 Å². The molecule has 29 heavy (non-hydrogen) atoms. The van der Waals surface area contributed by atoms with Gasteiger partial charge in [0.2, 0.25) is 0 Å². The van der Waals surface area contributed by atoms with Crippen LogP contribution in [0.15, 0.2) is 48.5 Å². The van der Waals surface area contributed by atoms with E-state index in [1.807, 2.05) is 0 Å². The Kier molecular flexibility index (Phi) is 5.25. The predicted octanol–water partition coefficient (Wildman–Crippen LogP) is 3.36. The van der Waals surface area contributed by atoms with Crippen molar-refractivity contribution < 1.29 is 0 Å². The molecule has 0 amide bonds. The highest BCUT2D eigenvalue weighted by Gasteiger charge is 2.22. The summed E-state index contributed by atoms with van der Waals surface area (Å²) in [6.07, 6.45) is 2.67. The molecule has 0 spiro atoms. The highest BCUT2D eigenvalue weighted by atomic mass is 15.3. The lowest BCUT2D eigenvalue weighted by molar-refractivity contribution is 0.196. The zero-order valence-corrected chi connectivity index (χ0v) is 17.3. The number of piperazine rings is 1. The van der Waals surface area contributed by atoms with E-state index in [1.165, 1.54) is 62.3 Å². The van der Waals surface area contributed by atoms with Gasteiger partial charge in [-0.3, -0.25) is 4.90 Å². The molecule has 2 aliphatic heterocycles. The van der Waals surface area contributed by atoms with Crippen LogP contribution in [0.3, 0.4) is 0 Å².